The van der Waals surface area contributed by atoms with Crippen molar-refractivity contribution in [2.24, 2.45) is 4.40 Å². The number of piperazine rings is 1. The zero-order valence-electron chi connectivity index (χ0n) is 14.8. The maximum Gasteiger partial charge on any atom is 0.285 e. The van der Waals surface area contributed by atoms with Crippen LogP contribution >= 0.6 is 0 Å². The van der Waals surface area contributed by atoms with Crippen molar-refractivity contribution in [2.75, 3.05) is 26.2 Å². The van der Waals surface area contributed by atoms with Gasteiger partial charge in [-0.15, -0.1) is 4.40 Å². The summed E-state index contributed by atoms with van der Waals surface area (Å²) >= 11 is 0. The number of sulfonamides is 1. The summed E-state index contributed by atoms with van der Waals surface area (Å²) in [6, 6.07) is 6.99. The molecule has 0 radical (unpaired) electrons. The summed E-state index contributed by atoms with van der Waals surface area (Å²) in [5.74, 6) is 2.14. The van der Waals surface area contributed by atoms with E-state index in [1.807, 2.05) is 30.9 Å². The minimum atomic E-state index is -3.57. The van der Waals surface area contributed by atoms with E-state index in [1.54, 1.807) is 12.1 Å². The number of aromatic nitrogens is 2. The summed E-state index contributed by atoms with van der Waals surface area (Å²) in [5, 5.41) is 3.99. The highest BCUT2D eigenvalue weighted by atomic mass is 32.2. The van der Waals surface area contributed by atoms with Crippen molar-refractivity contribution >= 4 is 15.9 Å². The lowest BCUT2D eigenvalue weighted by molar-refractivity contribution is 0.158. The van der Waals surface area contributed by atoms with Crippen molar-refractivity contribution in [1.29, 1.82) is 0 Å². The molecule has 1 fully saturated rings. The fourth-order valence-corrected chi connectivity index (χ4v) is 4.42. The van der Waals surface area contributed by atoms with E-state index >= 15 is 0 Å². The number of amidine groups is 1. The van der Waals surface area contributed by atoms with Gasteiger partial charge in [0.25, 0.3) is 10.0 Å². The second-order valence-corrected chi connectivity index (χ2v) is 8.42. The van der Waals surface area contributed by atoms with Gasteiger partial charge < -0.3 is 9.42 Å². The Balaban J connectivity index is 1.43. The van der Waals surface area contributed by atoms with E-state index in [2.05, 4.69) is 19.4 Å². The van der Waals surface area contributed by atoms with Crippen molar-refractivity contribution in [3.05, 3.63) is 41.5 Å². The Morgan fingerprint density at radius 2 is 1.88 bits per heavy atom. The Morgan fingerprint density at radius 1 is 1.15 bits per heavy atom. The molecule has 0 saturated carbocycles. The topological polar surface area (TPSA) is 91.9 Å². The average Bonchev–Trinajstić information content (AvgIpc) is 3.19. The predicted molar refractivity (Wildman–Crippen MR) is 95.4 cm³/mol. The van der Waals surface area contributed by atoms with E-state index in [4.69, 9.17) is 4.52 Å². The maximum absolute atomic E-state index is 12.2. The molecule has 0 atom stereocenters. The molecule has 1 saturated heterocycles. The van der Waals surface area contributed by atoms with Gasteiger partial charge in [-0.2, -0.15) is 13.4 Å². The molecule has 4 rings (SSSR count). The lowest BCUT2D eigenvalue weighted by atomic mass is 10.1. The van der Waals surface area contributed by atoms with E-state index in [9.17, 15) is 8.42 Å². The smallest absolute Gasteiger partial charge is 0.285 e. The summed E-state index contributed by atoms with van der Waals surface area (Å²) in [7, 11) is -3.57. The number of fused-ring (bicyclic) bond motifs is 1. The van der Waals surface area contributed by atoms with Gasteiger partial charge in [-0.05, 0) is 12.1 Å². The third kappa shape index (κ3) is 3.12. The SMILES string of the molecule is CC(C)c1noc(CN2CCN(C3=NS(=O)(=O)c4ccccc43)CC2)n1. The number of hydrogen-bond acceptors (Lipinski definition) is 7. The number of nitrogens with zero attached hydrogens (tertiary/aromatic N) is 5. The van der Waals surface area contributed by atoms with Gasteiger partial charge in [0.05, 0.1) is 6.54 Å². The molecular formula is C17H21N5O3S. The van der Waals surface area contributed by atoms with Crippen LogP contribution in [0.25, 0.3) is 0 Å². The van der Waals surface area contributed by atoms with Crippen LogP contribution in [0.1, 0.15) is 37.0 Å². The first-order chi connectivity index (χ1) is 12.4. The van der Waals surface area contributed by atoms with E-state index in [-0.39, 0.29) is 5.92 Å². The van der Waals surface area contributed by atoms with Crippen LogP contribution in [-0.4, -0.2) is 60.4 Å². The first-order valence-electron chi connectivity index (χ1n) is 8.68. The number of hydrogen-bond donors (Lipinski definition) is 0. The Bertz CT molecular complexity index is 943. The summed E-state index contributed by atoms with van der Waals surface area (Å²) in [6.45, 7) is 7.63. The second-order valence-electron chi connectivity index (χ2n) is 6.85. The van der Waals surface area contributed by atoms with Gasteiger partial charge in [-0.1, -0.05) is 31.1 Å². The van der Waals surface area contributed by atoms with Gasteiger partial charge >= 0.3 is 0 Å². The van der Waals surface area contributed by atoms with Gasteiger partial charge in [0.1, 0.15) is 4.90 Å². The van der Waals surface area contributed by atoms with E-state index < -0.39 is 10.0 Å². The van der Waals surface area contributed by atoms with Crippen LogP contribution in [0, 0.1) is 0 Å². The standard InChI is InChI=1S/C17H21N5O3S/c1-12(2)16-18-15(25-19-16)11-21-7-9-22(10-8-21)17-13-5-3-4-6-14(13)26(23,24)20-17/h3-6,12H,7-11H2,1-2H3. The maximum atomic E-state index is 12.2. The summed E-state index contributed by atoms with van der Waals surface area (Å²) in [5.41, 5.74) is 0.694. The molecule has 0 spiro atoms. The average molecular weight is 375 g/mol. The van der Waals surface area contributed by atoms with Gasteiger partial charge in [0.15, 0.2) is 11.7 Å². The molecule has 0 N–H and O–H groups in total. The summed E-state index contributed by atoms with van der Waals surface area (Å²) < 4.78 is 33.7. The molecular weight excluding hydrogens is 354 g/mol. The molecule has 0 unspecified atom stereocenters. The molecule has 138 valence electrons. The van der Waals surface area contributed by atoms with Crippen LogP contribution in [0.5, 0.6) is 0 Å². The molecule has 26 heavy (non-hydrogen) atoms. The fourth-order valence-electron chi connectivity index (χ4n) is 3.19. The van der Waals surface area contributed by atoms with Gasteiger partial charge in [-0.25, -0.2) is 0 Å². The quantitative estimate of drug-likeness (QED) is 0.802. The molecule has 1 aromatic carbocycles. The molecule has 2 aliphatic rings. The minimum Gasteiger partial charge on any atom is -0.353 e. The van der Waals surface area contributed by atoms with Crippen molar-refractivity contribution in [2.45, 2.75) is 31.2 Å². The highest BCUT2D eigenvalue weighted by Crippen LogP contribution is 2.28. The van der Waals surface area contributed by atoms with Crippen molar-refractivity contribution in [3.63, 3.8) is 0 Å². The zero-order valence-corrected chi connectivity index (χ0v) is 15.6. The van der Waals surface area contributed by atoms with Crippen LogP contribution in [-0.2, 0) is 16.6 Å². The van der Waals surface area contributed by atoms with Crippen LogP contribution in [0.4, 0.5) is 0 Å². The minimum absolute atomic E-state index is 0.242. The van der Waals surface area contributed by atoms with Crippen LogP contribution in [0.15, 0.2) is 38.1 Å². The van der Waals surface area contributed by atoms with Crippen LogP contribution < -0.4 is 0 Å². The molecule has 2 aromatic rings. The molecule has 3 heterocycles. The molecule has 0 amide bonds. The highest BCUT2D eigenvalue weighted by Gasteiger charge is 2.33. The Labute approximate surface area is 152 Å². The molecule has 2 aliphatic heterocycles. The first kappa shape index (κ1) is 17.2. The molecule has 8 nitrogen and oxygen atoms in total. The Morgan fingerprint density at radius 3 is 2.58 bits per heavy atom. The van der Waals surface area contributed by atoms with Crippen LogP contribution in [0.3, 0.4) is 0 Å². The third-order valence-electron chi connectivity index (χ3n) is 4.64. The van der Waals surface area contributed by atoms with Gasteiger partial charge in [0, 0.05) is 37.7 Å². The number of benzene rings is 1. The third-order valence-corrected chi connectivity index (χ3v) is 5.97. The molecule has 0 bridgehead atoms. The van der Waals surface area contributed by atoms with Crippen molar-refractivity contribution in [1.82, 2.24) is 19.9 Å². The first-order valence-corrected chi connectivity index (χ1v) is 10.1. The second kappa shape index (κ2) is 6.48. The lowest BCUT2D eigenvalue weighted by Crippen LogP contribution is -2.48. The lowest BCUT2D eigenvalue weighted by Gasteiger charge is -2.35. The predicted octanol–water partition coefficient (Wildman–Crippen LogP) is 1.46. The highest BCUT2D eigenvalue weighted by molar-refractivity contribution is 7.90. The molecule has 9 heteroatoms. The van der Waals surface area contributed by atoms with Crippen LogP contribution in [0.2, 0.25) is 0 Å². The summed E-state index contributed by atoms with van der Waals surface area (Å²) in [4.78, 5) is 8.97. The number of rotatable bonds is 3. The normalized spacial score (nSPS) is 19.7. The molecule has 1 aromatic heterocycles. The molecule has 0 aliphatic carbocycles. The van der Waals surface area contributed by atoms with Crippen molar-refractivity contribution in [3.8, 4) is 0 Å². The van der Waals surface area contributed by atoms with Gasteiger partial charge in [-0.3, -0.25) is 4.90 Å². The Hall–Kier alpha value is -2.26. The van der Waals surface area contributed by atoms with E-state index in [1.165, 1.54) is 0 Å². The van der Waals surface area contributed by atoms with E-state index in [0.717, 1.165) is 18.9 Å². The van der Waals surface area contributed by atoms with Gasteiger partial charge in [0.2, 0.25) is 5.89 Å². The summed E-state index contributed by atoms with van der Waals surface area (Å²) in [6.07, 6.45) is 0. The zero-order chi connectivity index (χ0) is 18.3. The van der Waals surface area contributed by atoms with Crippen molar-refractivity contribution < 1.29 is 12.9 Å². The Kier molecular flexibility index (Phi) is 4.28. The monoisotopic (exact) mass is 375 g/mol. The van der Waals surface area contributed by atoms with E-state index in [0.29, 0.717) is 41.8 Å². The largest absolute Gasteiger partial charge is 0.353 e. The fraction of sp³-hybridized carbons (Fsp3) is 0.471.